The van der Waals surface area contributed by atoms with Gasteiger partial charge < -0.3 is 5.32 Å². The van der Waals surface area contributed by atoms with E-state index in [0.29, 0.717) is 27.8 Å². The Bertz CT molecular complexity index is 955. The van der Waals surface area contributed by atoms with Crippen molar-refractivity contribution in [3.63, 3.8) is 0 Å². The second-order valence-electron chi connectivity index (χ2n) is 5.62. The van der Waals surface area contributed by atoms with Crippen molar-refractivity contribution in [3.05, 3.63) is 75.8 Å². The Morgan fingerprint density at radius 1 is 1.12 bits per heavy atom. The topological polar surface area (TPSA) is 71.1 Å². The number of halogens is 1. The molecule has 2 aromatic carbocycles. The molecule has 0 aliphatic rings. The molecule has 3 rings (SSSR count). The minimum absolute atomic E-state index is 0.188. The van der Waals surface area contributed by atoms with Crippen molar-refractivity contribution in [2.24, 2.45) is 0 Å². The zero-order chi connectivity index (χ0) is 18.5. The number of aromatic nitrogens is 1. The Balaban J connectivity index is 1.68. The van der Waals surface area contributed by atoms with Gasteiger partial charge in [0.15, 0.2) is 5.13 Å². The van der Waals surface area contributed by atoms with Crippen molar-refractivity contribution in [1.82, 2.24) is 4.98 Å². The average Bonchev–Trinajstić information content (AvgIpc) is 3.03. The highest BCUT2D eigenvalue weighted by atomic mass is 35.5. The molecular formula is C19H16ClN3O2S. The van der Waals surface area contributed by atoms with Crippen LogP contribution in [0.2, 0.25) is 5.02 Å². The van der Waals surface area contributed by atoms with Gasteiger partial charge in [0.05, 0.1) is 0 Å². The Labute approximate surface area is 160 Å². The Morgan fingerprint density at radius 3 is 2.69 bits per heavy atom. The first kappa shape index (κ1) is 18.1. The van der Waals surface area contributed by atoms with Crippen LogP contribution in [0.1, 0.15) is 27.7 Å². The van der Waals surface area contributed by atoms with Gasteiger partial charge in [-0.05, 0) is 29.8 Å². The van der Waals surface area contributed by atoms with Crippen molar-refractivity contribution in [1.29, 1.82) is 0 Å². The highest BCUT2D eigenvalue weighted by molar-refractivity contribution is 7.15. The van der Waals surface area contributed by atoms with E-state index in [2.05, 4.69) is 15.6 Å². The Morgan fingerprint density at radius 2 is 1.92 bits per heavy atom. The van der Waals surface area contributed by atoms with Crippen LogP contribution >= 0.6 is 22.9 Å². The van der Waals surface area contributed by atoms with E-state index >= 15 is 0 Å². The van der Waals surface area contributed by atoms with E-state index in [0.717, 1.165) is 10.4 Å². The summed E-state index contributed by atoms with van der Waals surface area (Å²) in [6.07, 6.45) is 2.39. The molecule has 0 saturated heterocycles. The molecule has 2 amide bonds. The van der Waals surface area contributed by atoms with E-state index in [1.54, 1.807) is 30.5 Å². The maximum Gasteiger partial charge on any atom is 0.257 e. The number of hydrogen-bond donors (Lipinski definition) is 2. The van der Waals surface area contributed by atoms with E-state index in [-0.39, 0.29) is 11.8 Å². The summed E-state index contributed by atoms with van der Waals surface area (Å²) in [7, 11) is 0. The third-order valence-corrected chi connectivity index (χ3v) is 4.82. The zero-order valence-corrected chi connectivity index (χ0v) is 15.5. The van der Waals surface area contributed by atoms with Crippen LogP contribution in [0.4, 0.5) is 10.8 Å². The molecule has 0 fully saturated rings. The zero-order valence-electron chi connectivity index (χ0n) is 14.0. The highest BCUT2D eigenvalue weighted by Crippen LogP contribution is 2.25. The van der Waals surface area contributed by atoms with Gasteiger partial charge in [0, 0.05) is 40.7 Å². The van der Waals surface area contributed by atoms with E-state index in [1.165, 1.54) is 18.3 Å². The van der Waals surface area contributed by atoms with Crippen LogP contribution in [0.5, 0.6) is 0 Å². The summed E-state index contributed by atoms with van der Waals surface area (Å²) in [5, 5.41) is 6.66. The van der Waals surface area contributed by atoms with Crippen LogP contribution in [-0.2, 0) is 11.2 Å². The van der Waals surface area contributed by atoms with Gasteiger partial charge >= 0.3 is 0 Å². The van der Waals surface area contributed by atoms with Crippen LogP contribution in [0.3, 0.4) is 0 Å². The molecule has 7 heteroatoms. The summed E-state index contributed by atoms with van der Waals surface area (Å²) in [4.78, 5) is 28.8. The van der Waals surface area contributed by atoms with Crippen molar-refractivity contribution in [2.75, 3.05) is 10.6 Å². The first-order valence-corrected chi connectivity index (χ1v) is 9.08. The minimum atomic E-state index is -0.282. The minimum Gasteiger partial charge on any atom is -0.326 e. The van der Waals surface area contributed by atoms with Gasteiger partial charge in [-0.25, -0.2) is 4.98 Å². The smallest absolute Gasteiger partial charge is 0.257 e. The molecule has 132 valence electrons. The monoisotopic (exact) mass is 385 g/mol. The Kier molecular flexibility index (Phi) is 5.65. The van der Waals surface area contributed by atoms with Crippen molar-refractivity contribution < 1.29 is 9.59 Å². The molecule has 0 aliphatic heterocycles. The molecule has 1 heterocycles. The van der Waals surface area contributed by atoms with Crippen molar-refractivity contribution in [2.45, 2.75) is 13.3 Å². The molecule has 0 aliphatic carbocycles. The third kappa shape index (κ3) is 4.68. The highest BCUT2D eigenvalue weighted by Gasteiger charge is 2.11. The summed E-state index contributed by atoms with van der Waals surface area (Å²) in [5.74, 6) is -0.470. The van der Waals surface area contributed by atoms with E-state index in [4.69, 9.17) is 11.6 Å². The molecule has 5 nitrogen and oxygen atoms in total. The number of thiazole rings is 1. The number of anilines is 2. The lowest BCUT2D eigenvalue weighted by Gasteiger charge is -2.05. The number of hydrogen-bond acceptors (Lipinski definition) is 4. The standard InChI is InChI=1S/C19H16ClN3O2S/c1-12(24)22-15-7-4-6-14(9-15)18(25)23-19-21-11-16(26-19)10-13-5-2-3-8-17(13)20/h2-9,11H,10H2,1H3,(H,22,24)(H,21,23,25). The number of nitrogens with zero attached hydrogens (tertiary/aromatic N) is 1. The maximum atomic E-state index is 12.4. The molecular weight excluding hydrogens is 370 g/mol. The van der Waals surface area contributed by atoms with Crippen LogP contribution in [0, 0.1) is 0 Å². The SMILES string of the molecule is CC(=O)Nc1cccc(C(=O)Nc2ncc(Cc3ccccc3Cl)s2)c1. The second-order valence-corrected chi connectivity index (χ2v) is 7.14. The largest absolute Gasteiger partial charge is 0.326 e. The molecule has 1 aromatic heterocycles. The number of nitrogens with one attached hydrogen (secondary N) is 2. The predicted octanol–water partition coefficient (Wildman–Crippen LogP) is 4.60. The van der Waals surface area contributed by atoms with Crippen molar-refractivity contribution in [3.8, 4) is 0 Å². The van der Waals surface area contributed by atoms with E-state index in [1.807, 2.05) is 24.3 Å². The first-order valence-electron chi connectivity index (χ1n) is 7.88. The molecule has 0 saturated carbocycles. The van der Waals surface area contributed by atoms with Crippen LogP contribution in [0.25, 0.3) is 0 Å². The molecule has 0 unspecified atom stereocenters. The summed E-state index contributed by atoms with van der Waals surface area (Å²) < 4.78 is 0. The van der Waals surface area contributed by atoms with Crippen LogP contribution in [0.15, 0.2) is 54.7 Å². The summed E-state index contributed by atoms with van der Waals surface area (Å²) >= 11 is 7.58. The van der Waals surface area contributed by atoms with Gasteiger partial charge in [0.2, 0.25) is 5.91 Å². The van der Waals surface area contributed by atoms with Crippen LogP contribution in [-0.4, -0.2) is 16.8 Å². The number of rotatable bonds is 5. The Hall–Kier alpha value is -2.70. The molecule has 0 bridgehead atoms. The van der Waals surface area contributed by atoms with Gasteiger partial charge in [-0.1, -0.05) is 35.9 Å². The maximum absolute atomic E-state index is 12.4. The summed E-state index contributed by atoms with van der Waals surface area (Å²) in [6.45, 7) is 1.42. The molecule has 26 heavy (non-hydrogen) atoms. The van der Waals surface area contributed by atoms with Gasteiger partial charge in [-0.2, -0.15) is 0 Å². The molecule has 0 radical (unpaired) electrons. The number of carbonyl (C=O) groups is 2. The number of carbonyl (C=O) groups excluding carboxylic acids is 2. The fraction of sp³-hybridized carbons (Fsp3) is 0.105. The van der Waals surface area contributed by atoms with E-state index < -0.39 is 0 Å². The van der Waals surface area contributed by atoms with Gasteiger partial charge in [-0.3, -0.25) is 14.9 Å². The second kappa shape index (κ2) is 8.12. The predicted molar refractivity (Wildman–Crippen MR) is 105 cm³/mol. The van der Waals surface area contributed by atoms with Gasteiger partial charge in [0.1, 0.15) is 0 Å². The van der Waals surface area contributed by atoms with Gasteiger partial charge in [-0.15, -0.1) is 11.3 Å². The first-order chi connectivity index (χ1) is 12.5. The van der Waals surface area contributed by atoms with Crippen LogP contribution < -0.4 is 10.6 Å². The number of benzene rings is 2. The lowest BCUT2D eigenvalue weighted by molar-refractivity contribution is -0.114. The number of amides is 2. The van der Waals surface area contributed by atoms with E-state index in [9.17, 15) is 9.59 Å². The fourth-order valence-corrected chi connectivity index (χ4v) is 3.42. The quantitative estimate of drug-likeness (QED) is 0.674. The lowest BCUT2D eigenvalue weighted by Crippen LogP contribution is -2.12. The molecule has 3 aromatic rings. The summed E-state index contributed by atoms with van der Waals surface area (Å²) in [5.41, 5.74) is 2.03. The third-order valence-electron chi connectivity index (χ3n) is 3.54. The lowest BCUT2D eigenvalue weighted by atomic mass is 10.1. The molecule has 2 N–H and O–H groups in total. The van der Waals surface area contributed by atoms with Gasteiger partial charge in [0.25, 0.3) is 5.91 Å². The average molecular weight is 386 g/mol. The fourth-order valence-electron chi connectivity index (χ4n) is 2.39. The normalized spacial score (nSPS) is 10.4. The van der Waals surface area contributed by atoms with Crippen molar-refractivity contribution >= 4 is 45.6 Å². The summed E-state index contributed by atoms with van der Waals surface area (Å²) in [6, 6.07) is 14.4. The molecule has 0 spiro atoms. The molecule has 0 atom stereocenters.